The monoisotopic (exact) mass is 507 g/mol. The molecule has 35 heavy (non-hydrogen) atoms. The molecule has 186 valence electrons. The highest BCUT2D eigenvalue weighted by Crippen LogP contribution is 2.39. The van der Waals surface area contributed by atoms with Gasteiger partial charge in [-0.15, -0.1) is 8.86 Å². The average Bonchev–Trinajstić information content (AvgIpc) is 3.59. The highest BCUT2D eigenvalue weighted by molar-refractivity contribution is 7.37. The summed E-state index contributed by atoms with van der Waals surface area (Å²) in [6, 6.07) is 0. The third-order valence-electron chi connectivity index (χ3n) is 6.05. The van der Waals surface area contributed by atoms with Crippen LogP contribution in [0, 0.1) is 5.92 Å². The third-order valence-corrected chi connectivity index (χ3v) is 7.03. The quantitative estimate of drug-likeness (QED) is 0.341. The standard InChI is InChI=1S/C19H23N8O7P/c20-19-23-16-14(17(30)24-19)22-10-27(16)18-15(29)11(7-13(28)25-3-5-32-6-4-25)12(34-18)8-33-35(31)26-2-1-21-9-26/h1-2,9-12,15,18,29H,3-8H2,(H2-,20,23,24,30)/p+1/t11-,12-,15-,18-/m1/s1. The molecule has 1 amide bonds. The molecule has 2 fully saturated rings. The van der Waals surface area contributed by atoms with E-state index in [0.29, 0.717) is 26.3 Å². The lowest BCUT2D eigenvalue weighted by Crippen LogP contribution is -2.43. The normalized spacial score (nSPS) is 25.3. The summed E-state index contributed by atoms with van der Waals surface area (Å²) in [7, 11) is -2.28. The van der Waals surface area contributed by atoms with Gasteiger partial charge in [0.1, 0.15) is 19.0 Å². The molecule has 0 spiro atoms. The molecule has 4 N–H and O–H groups in total. The number of aromatic amines is 1. The van der Waals surface area contributed by atoms with E-state index in [0.717, 1.165) is 0 Å². The summed E-state index contributed by atoms with van der Waals surface area (Å²) in [6.07, 6.45) is 2.60. The zero-order valence-corrected chi connectivity index (χ0v) is 19.4. The van der Waals surface area contributed by atoms with Gasteiger partial charge in [-0.2, -0.15) is 4.98 Å². The van der Waals surface area contributed by atoms with Gasteiger partial charge in [-0.3, -0.25) is 19.1 Å². The molecular formula is C19H24N8O7P+. The van der Waals surface area contributed by atoms with Crippen molar-refractivity contribution < 1.29 is 28.5 Å². The van der Waals surface area contributed by atoms with Gasteiger partial charge in [-0.05, 0) is 4.57 Å². The maximum atomic E-state index is 13.0. The number of amides is 1. The number of aliphatic hydroxyl groups is 1. The van der Waals surface area contributed by atoms with Crippen LogP contribution in [-0.2, 0) is 23.4 Å². The first kappa shape index (κ1) is 23.5. The molecule has 0 aromatic carbocycles. The van der Waals surface area contributed by atoms with Crippen molar-refractivity contribution in [1.82, 2.24) is 33.7 Å². The number of rotatable bonds is 7. The number of ether oxygens (including phenoxy) is 2. The summed E-state index contributed by atoms with van der Waals surface area (Å²) in [5.74, 6) is -0.980. The second kappa shape index (κ2) is 9.79. The molecule has 0 saturated carbocycles. The predicted octanol–water partition coefficient (Wildman–Crippen LogP) is -0.756. The van der Waals surface area contributed by atoms with E-state index >= 15 is 0 Å². The number of morpholine rings is 1. The largest absolute Gasteiger partial charge is 0.651 e. The number of hydrogen-bond donors (Lipinski definition) is 3. The minimum Gasteiger partial charge on any atom is -0.388 e. The van der Waals surface area contributed by atoms with Gasteiger partial charge in [-0.25, -0.2) is 9.97 Å². The number of carbonyl (C=O) groups excluding carboxylic acids is 1. The van der Waals surface area contributed by atoms with Crippen molar-refractivity contribution in [2.75, 3.05) is 38.6 Å². The first-order valence-electron chi connectivity index (χ1n) is 10.9. The molecule has 5 heterocycles. The van der Waals surface area contributed by atoms with E-state index in [2.05, 4.69) is 19.9 Å². The third kappa shape index (κ3) is 4.68. The summed E-state index contributed by atoms with van der Waals surface area (Å²) in [4.78, 5) is 41.2. The van der Waals surface area contributed by atoms with Gasteiger partial charge in [0, 0.05) is 31.6 Å². The molecule has 16 heteroatoms. The second-order valence-corrected chi connectivity index (χ2v) is 9.36. The SMILES string of the molecule is Nc1nc2c(ncn2[C@@H]2O[C@H](CO[P+](=O)n3ccnc3)[C@@H](CC(=O)N3CCOCC3)[C@H]2O)c(=O)[nH]1. The van der Waals surface area contributed by atoms with Gasteiger partial charge in [0.15, 0.2) is 17.4 Å². The second-order valence-electron chi connectivity index (χ2n) is 8.17. The summed E-state index contributed by atoms with van der Waals surface area (Å²) in [5.41, 5.74) is 5.30. The lowest BCUT2D eigenvalue weighted by Gasteiger charge is -2.29. The summed E-state index contributed by atoms with van der Waals surface area (Å²) < 4.78 is 32.0. The maximum absolute atomic E-state index is 13.0. The van der Waals surface area contributed by atoms with Gasteiger partial charge in [0.25, 0.3) is 5.56 Å². The molecule has 5 atom stereocenters. The van der Waals surface area contributed by atoms with Crippen LogP contribution in [0.4, 0.5) is 5.95 Å². The number of nitrogens with two attached hydrogens (primary N) is 1. The van der Waals surface area contributed by atoms with Crippen molar-refractivity contribution in [3.63, 3.8) is 0 Å². The number of carbonyl (C=O) groups is 1. The highest BCUT2D eigenvalue weighted by Gasteiger charge is 2.47. The van der Waals surface area contributed by atoms with Crippen LogP contribution in [0.15, 0.2) is 29.8 Å². The number of H-pyrrole nitrogens is 1. The number of fused-ring (bicyclic) bond motifs is 1. The summed E-state index contributed by atoms with van der Waals surface area (Å²) in [5, 5.41) is 11.2. The van der Waals surface area contributed by atoms with E-state index in [1.807, 2.05) is 0 Å². The number of nitrogens with zero attached hydrogens (tertiary/aromatic N) is 6. The Hall–Kier alpha value is -3.23. The Labute approximate surface area is 198 Å². The Morgan fingerprint density at radius 1 is 1.34 bits per heavy atom. The van der Waals surface area contributed by atoms with Crippen LogP contribution in [0.2, 0.25) is 0 Å². The molecule has 3 aromatic heterocycles. The van der Waals surface area contributed by atoms with Crippen molar-refractivity contribution >= 4 is 31.2 Å². The van der Waals surface area contributed by atoms with E-state index in [1.54, 1.807) is 4.90 Å². The van der Waals surface area contributed by atoms with Crippen molar-refractivity contribution in [2.24, 2.45) is 5.92 Å². The fraction of sp³-hybridized carbons (Fsp3) is 0.526. The van der Waals surface area contributed by atoms with E-state index < -0.39 is 38.1 Å². The van der Waals surface area contributed by atoms with Crippen molar-refractivity contribution in [2.45, 2.75) is 24.9 Å². The Kier molecular flexibility index (Phi) is 6.58. The van der Waals surface area contributed by atoms with E-state index in [-0.39, 0.29) is 36.0 Å². The van der Waals surface area contributed by atoms with E-state index in [9.17, 15) is 19.3 Å². The van der Waals surface area contributed by atoms with E-state index in [4.69, 9.17) is 19.7 Å². The van der Waals surface area contributed by atoms with Gasteiger partial charge in [0.05, 0.1) is 31.8 Å². The highest BCUT2D eigenvalue weighted by atomic mass is 31.1. The predicted molar refractivity (Wildman–Crippen MR) is 119 cm³/mol. The van der Waals surface area contributed by atoms with Crippen LogP contribution >= 0.6 is 8.18 Å². The summed E-state index contributed by atoms with van der Waals surface area (Å²) in [6.45, 7) is 1.64. The zero-order valence-electron chi connectivity index (χ0n) is 18.5. The molecule has 0 bridgehead atoms. The van der Waals surface area contributed by atoms with Crippen molar-refractivity contribution in [3.8, 4) is 0 Å². The number of nitrogen functional groups attached to an aromatic ring is 1. The number of imidazole rings is 2. The number of aromatic nitrogens is 6. The molecule has 2 aliphatic rings. The fourth-order valence-corrected chi connectivity index (χ4v) is 4.98. The Balaban J connectivity index is 1.40. The lowest BCUT2D eigenvalue weighted by atomic mass is 9.93. The van der Waals surface area contributed by atoms with Gasteiger partial charge in [-0.1, -0.05) is 0 Å². The molecule has 0 radical (unpaired) electrons. The van der Waals surface area contributed by atoms with Crippen molar-refractivity contribution in [1.29, 1.82) is 0 Å². The van der Waals surface area contributed by atoms with Crippen LogP contribution in [0.1, 0.15) is 12.6 Å². The lowest BCUT2D eigenvalue weighted by molar-refractivity contribution is -0.137. The van der Waals surface area contributed by atoms with Crippen LogP contribution in [0.3, 0.4) is 0 Å². The maximum Gasteiger partial charge on any atom is 0.651 e. The molecule has 1 unspecified atom stereocenters. The van der Waals surface area contributed by atoms with E-state index in [1.165, 1.54) is 34.0 Å². The first-order chi connectivity index (χ1) is 16.9. The number of hydrogen-bond acceptors (Lipinski definition) is 11. The molecule has 3 aromatic rings. The van der Waals surface area contributed by atoms with Crippen LogP contribution in [-0.4, -0.2) is 89.9 Å². The van der Waals surface area contributed by atoms with Crippen LogP contribution < -0.4 is 11.3 Å². The Morgan fingerprint density at radius 2 is 2.14 bits per heavy atom. The Bertz CT molecular complexity index is 1270. The summed E-state index contributed by atoms with van der Waals surface area (Å²) >= 11 is 0. The number of aliphatic hydroxyl groups excluding tert-OH is 1. The smallest absolute Gasteiger partial charge is 0.388 e. The number of anilines is 1. The zero-order chi connectivity index (χ0) is 24.5. The van der Waals surface area contributed by atoms with Gasteiger partial charge < -0.3 is 25.2 Å². The van der Waals surface area contributed by atoms with Crippen LogP contribution in [0.25, 0.3) is 11.2 Å². The minimum absolute atomic E-state index is 0.0267. The molecule has 2 saturated heterocycles. The van der Waals surface area contributed by atoms with Crippen molar-refractivity contribution in [3.05, 3.63) is 35.4 Å². The molecular weight excluding hydrogens is 483 g/mol. The molecule has 5 rings (SSSR count). The van der Waals surface area contributed by atoms with Gasteiger partial charge >= 0.3 is 8.18 Å². The Morgan fingerprint density at radius 3 is 2.89 bits per heavy atom. The molecule has 2 aliphatic heterocycles. The average molecular weight is 507 g/mol. The topological polar surface area (TPSA) is 193 Å². The molecule has 15 nitrogen and oxygen atoms in total. The molecule has 0 aliphatic carbocycles. The van der Waals surface area contributed by atoms with Crippen LogP contribution in [0.5, 0.6) is 0 Å². The van der Waals surface area contributed by atoms with Gasteiger partial charge in [0.2, 0.25) is 11.9 Å². The first-order valence-corrected chi connectivity index (χ1v) is 12.0. The number of nitrogens with one attached hydrogen (secondary N) is 1. The fourth-order valence-electron chi connectivity index (χ4n) is 4.26. The minimum atomic E-state index is -2.28.